The molecule has 0 aliphatic heterocycles. The molecule has 84 valence electrons. The Morgan fingerprint density at radius 3 is 2.73 bits per heavy atom. The highest BCUT2D eigenvalue weighted by atomic mass is 35.5. The predicted molar refractivity (Wildman–Crippen MR) is 64.5 cm³/mol. The summed E-state index contributed by atoms with van der Waals surface area (Å²) < 4.78 is 0. The van der Waals surface area contributed by atoms with Crippen molar-refractivity contribution in [3.8, 4) is 0 Å². The first-order valence-corrected chi connectivity index (χ1v) is 5.79. The van der Waals surface area contributed by atoms with E-state index in [9.17, 15) is 0 Å². The van der Waals surface area contributed by atoms with Crippen molar-refractivity contribution in [2.45, 2.75) is 39.5 Å². The number of hydrogen-bond acceptors (Lipinski definition) is 3. The van der Waals surface area contributed by atoms with Crippen molar-refractivity contribution in [3.05, 3.63) is 17.0 Å². The normalized spacial score (nSPS) is 10.7. The van der Waals surface area contributed by atoms with Crippen LogP contribution in [0.1, 0.15) is 45.4 Å². The summed E-state index contributed by atoms with van der Waals surface area (Å²) in [6, 6.07) is 1.77. The molecule has 0 spiro atoms. The first kappa shape index (κ1) is 12.2. The minimum Gasteiger partial charge on any atom is -0.370 e. The van der Waals surface area contributed by atoms with Crippen LogP contribution in [0, 0.1) is 0 Å². The number of nitrogens with zero attached hydrogens (tertiary/aromatic N) is 2. The quantitative estimate of drug-likeness (QED) is 0.618. The highest BCUT2D eigenvalue weighted by Gasteiger charge is 2.06. The molecule has 0 aromatic carbocycles. The van der Waals surface area contributed by atoms with E-state index < -0.39 is 0 Å². The van der Waals surface area contributed by atoms with Crippen molar-refractivity contribution in [1.82, 2.24) is 9.97 Å². The van der Waals surface area contributed by atoms with E-state index in [-0.39, 0.29) is 0 Å². The Hall–Kier alpha value is -0.830. The second-order valence-electron chi connectivity index (χ2n) is 3.87. The molecule has 0 aliphatic carbocycles. The first-order chi connectivity index (χ1) is 7.13. The summed E-state index contributed by atoms with van der Waals surface area (Å²) in [6.07, 6.45) is 2.31. The molecule has 1 aromatic rings. The molecule has 1 aromatic heterocycles. The maximum absolute atomic E-state index is 5.92. The van der Waals surface area contributed by atoms with Gasteiger partial charge in [0.2, 0.25) is 0 Å². The lowest BCUT2D eigenvalue weighted by Crippen LogP contribution is -2.06. The predicted octanol–water partition coefficient (Wildman–Crippen LogP) is 3.47. The van der Waals surface area contributed by atoms with Crippen molar-refractivity contribution in [2.24, 2.45) is 0 Å². The topological polar surface area (TPSA) is 37.8 Å². The van der Waals surface area contributed by atoms with Gasteiger partial charge in [0.1, 0.15) is 16.8 Å². The van der Waals surface area contributed by atoms with E-state index in [0.29, 0.717) is 11.1 Å². The SMILES string of the molecule is CCCCNc1cc(Cl)nc(C(C)C)n1. The van der Waals surface area contributed by atoms with Gasteiger partial charge in [0.05, 0.1) is 0 Å². The molecule has 0 unspecified atom stereocenters. The first-order valence-electron chi connectivity index (χ1n) is 5.41. The van der Waals surface area contributed by atoms with Crippen molar-refractivity contribution in [3.63, 3.8) is 0 Å². The monoisotopic (exact) mass is 227 g/mol. The van der Waals surface area contributed by atoms with Crippen molar-refractivity contribution in [1.29, 1.82) is 0 Å². The number of nitrogens with one attached hydrogen (secondary N) is 1. The van der Waals surface area contributed by atoms with Crippen molar-refractivity contribution >= 4 is 17.4 Å². The summed E-state index contributed by atoms with van der Waals surface area (Å²) in [7, 11) is 0. The van der Waals surface area contributed by atoms with Crippen LogP contribution in [-0.4, -0.2) is 16.5 Å². The molecule has 15 heavy (non-hydrogen) atoms. The van der Waals surface area contributed by atoms with Gasteiger partial charge in [-0.05, 0) is 6.42 Å². The Kier molecular flexibility index (Phi) is 4.82. The lowest BCUT2D eigenvalue weighted by molar-refractivity contribution is 0.770. The van der Waals surface area contributed by atoms with Crippen LogP contribution < -0.4 is 5.32 Å². The van der Waals surface area contributed by atoms with E-state index in [2.05, 4.69) is 36.1 Å². The summed E-state index contributed by atoms with van der Waals surface area (Å²) in [5.41, 5.74) is 0. The molecule has 0 atom stereocenters. The van der Waals surface area contributed by atoms with Gasteiger partial charge < -0.3 is 5.32 Å². The van der Waals surface area contributed by atoms with Gasteiger partial charge in [-0.15, -0.1) is 0 Å². The zero-order valence-electron chi connectivity index (χ0n) is 9.55. The van der Waals surface area contributed by atoms with E-state index in [1.54, 1.807) is 6.07 Å². The molecule has 0 bridgehead atoms. The average molecular weight is 228 g/mol. The number of aromatic nitrogens is 2. The molecule has 3 nitrogen and oxygen atoms in total. The molecule has 4 heteroatoms. The third kappa shape index (κ3) is 4.04. The fourth-order valence-corrected chi connectivity index (χ4v) is 1.37. The third-order valence-electron chi connectivity index (χ3n) is 2.07. The van der Waals surface area contributed by atoms with E-state index in [1.165, 1.54) is 6.42 Å². The molecular weight excluding hydrogens is 210 g/mol. The Labute approximate surface area is 96.3 Å². The van der Waals surface area contributed by atoms with Crippen molar-refractivity contribution in [2.75, 3.05) is 11.9 Å². The van der Waals surface area contributed by atoms with Gasteiger partial charge >= 0.3 is 0 Å². The summed E-state index contributed by atoms with van der Waals surface area (Å²) in [4.78, 5) is 8.57. The van der Waals surface area contributed by atoms with Gasteiger partial charge in [-0.3, -0.25) is 0 Å². The highest BCUT2D eigenvalue weighted by Crippen LogP contribution is 2.16. The summed E-state index contributed by atoms with van der Waals surface area (Å²) in [5.74, 6) is 1.92. The molecule has 0 radical (unpaired) electrons. The molecule has 1 N–H and O–H groups in total. The van der Waals surface area contributed by atoms with Gasteiger partial charge in [0.25, 0.3) is 0 Å². The summed E-state index contributed by atoms with van der Waals surface area (Å²) in [5, 5.41) is 3.75. The van der Waals surface area contributed by atoms with Crippen LogP contribution in [0.4, 0.5) is 5.82 Å². The Morgan fingerprint density at radius 2 is 2.13 bits per heavy atom. The molecular formula is C11H18ClN3. The fraction of sp³-hybridized carbons (Fsp3) is 0.636. The lowest BCUT2D eigenvalue weighted by atomic mass is 10.2. The van der Waals surface area contributed by atoms with E-state index in [1.807, 2.05) is 0 Å². The smallest absolute Gasteiger partial charge is 0.135 e. The number of unbranched alkanes of at least 4 members (excludes halogenated alkanes) is 1. The molecule has 1 heterocycles. The molecule has 0 saturated carbocycles. The Bertz CT molecular complexity index is 313. The molecule has 0 saturated heterocycles. The maximum atomic E-state index is 5.92. The van der Waals surface area contributed by atoms with Crippen LogP contribution in [0.5, 0.6) is 0 Å². The van der Waals surface area contributed by atoms with Crippen molar-refractivity contribution < 1.29 is 0 Å². The molecule has 1 rings (SSSR count). The number of rotatable bonds is 5. The summed E-state index contributed by atoms with van der Waals surface area (Å²) >= 11 is 5.92. The van der Waals surface area contributed by atoms with Crippen LogP contribution in [0.25, 0.3) is 0 Å². The van der Waals surface area contributed by atoms with Gasteiger partial charge in [0, 0.05) is 18.5 Å². The minimum absolute atomic E-state index is 0.301. The van der Waals surface area contributed by atoms with Crippen LogP contribution in [0.2, 0.25) is 5.15 Å². The number of halogens is 1. The lowest BCUT2D eigenvalue weighted by Gasteiger charge is -2.08. The minimum atomic E-state index is 0.301. The zero-order chi connectivity index (χ0) is 11.3. The van der Waals surface area contributed by atoms with Gasteiger partial charge in [-0.2, -0.15) is 0 Å². The fourth-order valence-electron chi connectivity index (χ4n) is 1.18. The Balaban J connectivity index is 2.71. The van der Waals surface area contributed by atoms with E-state index in [0.717, 1.165) is 24.6 Å². The second kappa shape index (κ2) is 5.91. The molecule has 0 fully saturated rings. The van der Waals surface area contributed by atoms with E-state index >= 15 is 0 Å². The second-order valence-corrected chi connectivity index (χ2v) is 4.26. The van der Waals surface area contributed by atoms with Crippen LogP contribution in [-0.2, 0) is 0 Å². The number of hydrogen-bond donors (Lipinski definition) is 1. The van der Waals surface area contributed by atoms with Gasteiger partial charge in [-0.25, -0.2) is 9.97 Å². The van der Waals surface area contributed by atoms with Gasteiger partial charge in [-0.1, -0.05) is 38.8 Å². The standard InChI is InChI=1S/C11H18ClN3/c1-4-5-6-13-10-7-9(12)14-11(15-10)8(2)3/h7-8H,4-6H2,1-3H3,(H,13,14,15). The largest absolute Gasteiger partial charge is 0.370 e. The van der Waals surface area contributed by atoms with Gasteiger partial charge in [0.15, 0.2) is 0 Å². The maximum Gasteiger partial charge on any atom is 0.135 e. The number of anilines is 1. The van der Waals surface area contributed by atoms with Crippen LogP contribution >= 0.6 is 11.6 Å². The van der Waals surface area contributed by atoms with Crippen LogP contribution in [0.15, 0.2) is 6.07 Å². The van der Waals surface area contributed by atoms with E-state index in [4.69, 9.17) is 11.6 Å². The highest BCUT2D eigenvalue weighted by molar-refractivity contribution is 6.29. The molecule has 0 amide bonds. The average Bonchev–Trinajstić information content (AvgIpc) is 2.17. The Morgan fingerprint density at radius 1 is 1.40 bits per heavy atom. The zero-order valence-corrected chi connectivity index (χ0v) is 10.3. The molecule has 0 aliphatic rings. The van der Waals surface area contributed by atoms with Crippen LogP contribution in [0.3, 0.4) is 0 Å². The summed E-state index contributed by atoms with van der Waals surface area (Å²) in [6.45, 7) is 7.21. The third-order valence-corrected chi connectivity index (χ3v) is 2.26.